The van der Waals surface area contributed by atoms with Crippen molar-refractivity contribution < 1.29 is 4.92 Å². The number of halogens is 1. The Morgan fingerprint density at radius 2 is 2.23 bits per heavy atom. The Bertz CT molecular complexity index is 339. The van der Waals surface area contributed by atoms with Crippen LogP contribution in [0.1, 0.15) is 18.5 Å². The summed E-state index contributed by atoms with van der Waals surface area (Å²) in [5.74, 6) is 0. The zero-order valence-corrected chi connectivity index (χ0v) is 9.19. The van der Waals surface area contributed by atoms with Gasteiger partial charge < -0.3 is 5.73 Å². The number of nitrogens with two attached hydrogens (primary N) is 1. The Balaban J connectivity index is 3.19. The molecule has 0 saturated carbocycles. The summed E-state index contributed by atoms with van der Waals surface area (Å²) < 4.78 is 0.631. The topological polar surface area (TPSA) is 69.2 Å². The highest BCUT2D eigenvalue weighted by Gasteiger charge is 2.13. The standard InChI is InChI=1S/C8H9IN2O2/c1-5(10)6-2-3-7(9)8(4-6)11(12)13/h2-5H,10H2,1H3/t5-/m0/s1. The van der Waals surface area contributed by atoms with E-state index in [0.29, 0.717) is 3.57 Å². The van der Waals surface area contributed by atoms with Crippen molar-refractivity contribution in [2.75, 3.05) is 0 Å². The lowest BCUT2D eigenvalue weighted by atomic mass is 10.1. The van der Waals surface area contributed by atoms with Crippen LogP contribution in [0.2, 0.25) is 0 Å². The minimum atomic E-state index is -0.395. The summed E-state index contributed by atoms with van der Waals surface area (Å²) >= 11 is 1.93. The molecule has 4 nitrogen and oxygen atoms in total. The Hall–Kier alpha value is -0.690. The Labute approximate surface area is 89.4 Å². The van der Waals surface area contributed by atoms with Crippen molar-refractivity contribution in [3.05, 3.63) is 37.4 Å². The van der Waals surface area contributed by atoms with Gasteiger partial charge in [0.15, 0.2) is 0 Å². The molecule has 0 unspecified atom stereocenters. The van der Waals surface area contributed by atoms with Crippen LogP contribution in [0.5, 0.6) is 0 Å². The van der Waals surface area contributed by atoms with Gasteiger partial charge in [-0.25, -0.2) is 0 Å². The van der Waals surface area contributed by atoms with E-state index in [0.717, 1.165) is 5.56 Å². The van der Waals surface area contributed by atoms with Gasteiger partial charge in [0.05, 0.1) is 8.49 Å². The van der Waals surface area contributed by atoms with Crippen LogP contribution in [-0.2, 0) is 0 Å². The summed E-state index contributed by atoms with van der Waals surface area (Å²) in [7, 11) is 0. The molecule has 0 bridgehead atoms. The molecule has 0 aromatic heterocycles. The van der Waals surface area contributed by atoms with E-state index in [1.54, 1.807) is 19.1 Å². The predicted octanol–water partition coefficient (Wildman–Crippen LogP) is 2.22. The van der Waals surface area contributed by atoms with Gasteiger partial charge in [-0.05, 0) is 41.1 Å². The number of nitrogens with zero attached hydrogens (tertiary/aromatic N) is 1. The normalized spacial score (nSPS) is 12.5. The van der Waals surface area contributed by atoms with E-state index in [2.05, 4.69) is 0 Å². The van der Waals surface area contributed by atoms with Crippen LogP contribution in [-0.4, -0.2) is 4.92 Å². The lowest BCUT2D eigenvalue weighted by molar-refractivity contribution is -0.385. The molecule has 5 heteroatoms. The molecule has 0 spiro atoms. The van der Waals surface area contributed by atoms with E-state index >= 15 is 0 Å². The van der Waals surface area contributed by atoms with Crippen molar-refractivity contribution in [3.8, 4) is 0 Å². The molecule has 0 saturated heterocycles. The molecule has 0 fully saturated rings. The first-order valence-corrected chi connectivity index (χ1v) is 4.79. The van der Waals surface area contributed by atoms with E-state index in [-0.39, 0.29) is 11.7 Å². The van der Waals surface area contributed by atoms with Crippen molar-refractivity contribution in [2.24, 2.45) is 5.73 Å². The number of hydrogen-bond acceptors (Lipinski definition) is 3. The molecule has 1 aromatic rings. The molecule has 13 heavy (non-hydrogen) atoms. The highest BCUT2D eigenvalue weighted by Crippen LogP contribution is 2.24. The van der Waals surface area contributed by atoms with Gasteiger partial charge in [-0.15, -0.1) is 0 Å². The fraction of sp³-hybridized carbons (Fsp3) is 0.250. The van der Waals surface area contributed by atoms with Gasteiger partial charge in [-0.1, -0.05) is 6.07 Å². The molecule has 1 aromatic carbocycles. The number of nitro groups is 1. The summed E-state index contributed by atoms with van der Waals surface area (Å²) in [6.45, 7) is 1.80. The predicted molar refractivity (Wildman–Crippen MR) is 58.4 cm³/mol. The number of hydrogen-bond donors (Lipinski definition) is 1. The molecule has 0 amide bonds. The number of nitro benzene ring substituents is 1. The van der Waals surface area contributed by atoms with Gasteiger partial charge in [0.1, 0.15) is 0 Å². The fourth-order valence-electron chi connectivity index (χ4n) is 0.953. The van der Waals surface area contributed by atoms with Crippen molar-refractivity contribution in [1.82, 2.24) is 0 Å². The summed E-state index contributed by atoms with van der Waals surface area (Å²) in [6.07, 6.45) is 0. The quantitative estimate of drug-likeness (QED) is 0.516. The summed E-state index contributed by atoms with van der Waals surface area (Å²) in [5, 5.41) is 10.6. The maximum atomic E-state index is 10.6. The molecule has 2 N–H and O–H groups in total. The molecular formula is C8H9IN2O2. The summed E-state index contributed by atoms with van der Waals surface area (Å²) in [6, 6.07) is 4.86. The third kappa shape index (κ3) is 2.38. The van der Waals surface area contributed by atoms with E-state index in [1.165, 1.54) is 6.07 Å². The van der Waals surface area contributed by atoms with Crippen LogP contribution in [0.3, 0.4) is 0 Å². The Morgan fingerprint density at radius 1 is 1.62 bits per heavy atom. The lowest BCUT2D eigenvalue weighted by Crippen LogP contribution is -2.05. The first-order chi connectivity index (χ1) is 6.02. The molecule has 0 aliphatic heterocycles. The first-order valence-electron chi connectivity index (χ1n) is 3.72. The smallest absolute Gasteiger partial charge is 0.282 e. The number of rotatable bonds is 2. The van der Waals surface area contributed by atoms with Gasteiger partial charge in [-0.2, -0.15) is 0 Å². The van der Waals surface area contributed by atoms with Crippen molar-refractivity contribution in [2.45, 2.75) is 13.0 Å². The molecule has 0 heterocycles. The van der Waals surface area contributed by atoms with Crippen LogP contribution >= 0.6 is 22.6 Å². The second-order valence-electron chi connectivity index (χ2n) is 2.76. The minimum absolute atomic E-state index is 0.121. The van der Waals surface area contributed by atoms with Crippen LogP contribution in [0, 0.1) is 13.7 Å². The zero-order chi connectivity index (χ0) is 10.0. The molecule has 0 radical (unpaired) electrons. The van der Waals surface area contributed by atoms with Crippen LogP contribution in [0.25, 0.3) is 0 Å². The Kier molecular flexibility index (Phi) is 3.21. The lowest BCUT2D eigenvalue weighted by Gasteiger charge is -2.05. The van der Waals surface area contributed by atoms with Crippen LogP contribution in [0.15, 0.2) is 18.2 Å². The average molecular weight is 292 g/mol. The van der Waals surface area contributed by atoms with Crippen molar-refractivity contribution >= 4 is 28.3 Å². The SMILES string of the molecule is C[C@H](N)c1ccc(I)c([N+](=O)[O-])c1. The van der Waals surface area contributed by atoms with Gasteiger partial charge >= 0.3 is 0 Å². The maximum absolute atomic E-state index is 10.6. The molecule has 0 aliphatic carbocycles. The number of benzene rings is 1. The third-order valence-corrected chi connectivity index (χ3v) is 2.60. The van der Waals surface area contributed by atoms with Crippen LogP contribution < -0.4 is 5.73 Å². The van der Waals surface area contributed by atoms with E-state index in [4.69, 9.17) is 5.73 Å². The second kappa shape index (κ2) is 4.01. The van der Waals surface area contributed by atoms with Gasteiger partial charge in [0.2, 0.25) is 0 Å². The summed E-state index contributed by atoms with van der Waals surface area (Å²) in [5.41, 5.74) is 6.51. The monoisotopic (exact) mass is 292 g/mol. The zero-order valence-electron chi connectivity index (χ0n) is 7.03. The second-order valence-corrected chi connectivity index (χ2v) is 3.92. The van der Waals surface area contributed by atoms with Gasteiger partial charge in [0.25, 0.3) is 5.69 Å². The van der Waals surface area contributed by atoms with E-state index in [1.807, 2.05) is 22.6 Å². The third-order valence-electron chi connectivity index (χ3n) is 1.69. The van der Waals surface area contributed by atoms with Gasteiger partial charge in [-0.3, -0.25) is 10.1 Å². The van der Waals surface area contributed by atoms with Crippen LogP contribution in [0.4, 0.5) is 5.69 Å². The molecule has 1 rings (SSSR count). The van der Waals surface area contributed by atoms with Crippen molar-refractivity contribution in [3.63, 3.8) is 0 Å². The fourth-order valence-corrected chi connectivity index (χ4v) is 1.49. The Morgan fingerprint density at radius 3 is 2.69 bits per heavy atom. The maximum Gasteiger partial charge on any atom is 0.282 e. The first kappa shape index (κ1) is 10.4. The largest absolute Gasteiger partial charge is 0.324 e. The molecular weight excluding hydrogens is 283 g/mol. The highest BCUT2D eigenvalue weighted by molar-refractivity contribution is 14.1. The molecule has 0 aliphatic rings. The summed E-state index contributed by atoms with van der Waals surface area (Å²) in [4.78, 5) is 10.2. The van der Waals surface area contributed by atoms with E-state index < -0.39 is 4.92 Å². The highest BCUT2D eigenvalue weighted by atomic mass is 127. The minimum Gasteiger partial charge on any atom is -0.324 e. The molecule has 1 atom stereocenters. The van der Waals surface area contributed by atoms with Crippen molar-refractivity contribution in [1.29, 1.82) is 0 Å². The average Bonchev–Trinajstić information content (AvgIpc) is 2.04. The molecule has 70 valence electrons. The van der Waals surface area contributed by atoms with Gasteiger partial charge in [0, 0.05) is 12.1 Å². The van der Waals surface area contributed by atoms with E-state index in [9.17, 15) is 10.1 Å².